The number of benzene rings is 3. The molecular formula is C34H39N5O5. The standard InChI is InChI=1S/C34H39N5O5/c1-23(2)22-44-30(40)18-19-36-33(41)27-16-17-29-28(21-27)37-32(39(29)20-8-7-11-24-9-5-4-6-10-24)26-14-12-25(13-15-26)31(35)38-34(42)43-3/h4-6,9-10,12-17,21,23H,7-8,11,18-20,22H2,1-3H3,(H,36,41)(H2,35,38,42). The fourth-order valence-corrected chi connectivity index (χ4v) is 4.68. The third-order valence-electron chi connectivity index (χ3n) is 6.99. The fraction of sp³-hybridized carbons (Fsp3) is 0.324. The highest BCUT2D eigenvalue weighted by molar-refractivity contribution is 6.04. The Bertz CT molecular complexity index is 1600. The number of carbonyl (C=O) groups excluding carboxylic acids is 3. The van der Waals surface area contributed by atoms with Crippen molar-refractivity contribution in [2.75, 3.05) is 20.3 Å². The number of rotatable bonds is 13. The average Bonchev–Trinajstić information content (AvgIpc) is 3.40. The molecule has 0 aliphatic heterocycles. The summed E-state index contributed by atoms with van der Waals surface area (Å²) in [6.07, 6.45) is 2.29. The molecule has 0 aliphatic rings. The number of nitrogens with one attached hydrogen (secondary N) is 3. The Kier molecular flexibility index (Phi) is 11.2. The SMILES string of the molecule is COC(=O)NC(=N)c1ccc(-c2nc3cc(C(=O)NCCC(=O)OCC(C)C)ccc3n2CCCCc2ccccc2)cc1. The molecule has 0 fully saturated rings. The Hall–Kier alpha value is -4.99. The largest absolute Gasteiger partial charge is 0.465 e. The first kappa shape index (κ1) is 31.9. The summed E-state index contributed by atoms with van der Waals surface area (Å²) in [6.45, 7) is 5.20. The van der Waals surface area contributed by atoms with Gasteiger partial charge in [-0.15, -0.1) is 0 Å². The maximum atomic E-state index is 12.9. The molecule has 0 radical (unpaired) electrons. The van der Waals surface area contributed by atoms with Crippen molar-refractivity contribution < 1.29 is 23.9 Å². The second kappa shape index (κ2) is 15.5. The lowest BCUT2D eigenvalue weighted by atomic mass is 10.1. The number of alkyl carbamates (subject to hydrolysis) is 1. The third-order valence-corrected chi connectivity index (χ3v) is 6.99. The van der Waals surface area contributed by atoms with Crippen LogP contribution in [0, 0.1) is 11.3 Å². The first-order valence-corrected chi connectivity index (χ1v) is 14.8. The summed E-state index contributed by atoms with van der Waals surface area (Å²) < 4.78 is 11.9. The van der Waals surface area contributed by atoms with E-state index in [2.05, 4.69) is 32.1 Å². The van der Waals surface area contributed by atoms with Crippen LogP contribution in [0.5, 0.6) is 0 Å². The number of imidazole rings is 1. The number of aryl methyl sites for hydroxylation is 2. The molecular weight excluding hydrogens is 558 g/mol. The van der Waals surface area contributed by atoms with Crippen LogP contribution in [0.25, 0.3) is 22.4 Å². The molecule has 0 aliphatic carbocycles. The maximum absolute atomic E-state index is 12.9. The zero-order valence-electron chi connectivity index (χ0n) is 25.4. The molecule has 0 spiro atoms. The zero-order chi connectivity index (χ0) is 31.5. The number of unbranched alkanes of at least 4 members (excludes halogenated alkanes) is 1. The van der Waals surface area contributed by atoms with E-state index in [4.69, 9.17) is 15.1 Å². The van der Waals surface area contributed by atoms with E-state index in [1.807, 2.05) is 50.2 Å². The van der Waals surface area contributed by atoms with Crippen LogP contribution in [-0.4, -0.2) is 53.6 Å². The van der Waals surface area contributed by atoms with Crippen molar-refractivity contribution in [1.82, 2.24) is 20.2 Å². The number of nitrogens with zero attached hydrogens (tertiary/aromatic N) is 2. The van der Waals surface area contributed by atoms with Gasteiger partial charge in [0.1, 0.15) is 11.7 Å². The van der Waals surface area contributed by atoms with Gasteiger partial charge in [-0.3, -0.25) is 20.3 Å². The molecule has 1 aromatic heterocycles. The van der Waals surface area contributed by atoms with Gasteiger partial charge in [0.15, 0.2) is 0 Å². The Morgan fingerprint density at radius 2 is 1.68 bits per heavy atom. The minimum atomic E-state index is -0.706. The lowest BCUT2D eigenvalue weighted by molar-refractivity contribution is -0.144. The number of hydrogen-bond donors (Lipinski definition) is 3. The summed E-state index contributed by atoms with van der Waals surface area (Å²) in [7, 11) is 1.25. The first-order valence-electron chi connectivity index (χ1n) is 14.8. The highest BCUT2D eigenvalue weighted by Gasteiger charge is 2.16. The molecule has 4 aromatic rings. The van der Waals surface area contributed by atoms with E-state index in [1.54, 1.807) is 24.3 Å². The van der Waals surface area contributed by atoms with Crippen molar-refractivity contribution in [3.05, 3.63) is 89.5 Å². The number of fused-ring (bicyclic) bond motifs is 1. The number of amidine groups is 1. The van der Waals surface area contributed by atoms with Crippen LogP contribution < -0.4 is 10.6 Å². The molecule has 10 heteroatoms. The lowest BCUT2D eigenvalue weighted by Crippen LogP contribution is -2.30. The molecule has 4 rings (SSSR count). The van der Waals surface area contributed by atoms with Gasteiger partial charge in [-0.2, -0.15) is 0 Å². The molecule has 1 heterocycles. The number of hydrogen-bond acceptors (Lipinski definition) is 7. The minimum Gasteiger partial charge on any atom is -0.465 e. The van der Waals surface area contributed by atoms with Gasteiger partial charge in [0.2, 0.25) is 0 Å². The first-order chi connectivity index (χ1) is 21.2. The third kappa shape index (κ3) is 8.76. The van der Waals surface area contributed by atoms with Gasteiger partial charge in [-0.25, -0.2) is 9.78 Å². The van der Waals surface area contributed by atoms with Crippen LogP contribution >= 0.6 is 0 Å². The highest BCUT2D eigenvalue weighted by Crippen LogP contribution is 2.27. The van der Waals surface area contributed by atoms with Gasteiger partial charge < -0.3 is 19.4 Å². The van der Waals surface area contributed by atoms with E-state index in [9.17, 15) is 14.4 Å². The Balaban J connectivity index is 1.52. The summed E-state index contributed by atoms with van der Waals surface area (Å²) in [5, 5.41) is 13.3. The van der Waals surface area contributed by atoms with Crippen molar-refractivity contribution in [1.29, 1.82) is 5.41 Å². The predicted molar refractivity (Wildman–Crippen MR) is 170 cm³/mol. The van der Waals surface area contributed by atoms with Crippen molar-refractivity contribution in [2.45, 2.75) is 46.1 Å². The van der Waals surface area contributed by atoms with Gasteiger partial charge >= 0.3 is 12.1 Å². The number of methoxy groups -OCH3 is 1. The molecule has 0 saturated heterocycles. The van der Waals surface area contributed by atoms with E-state index >= 15 is 0 Å². The molecule has 3 aromatic carbocycles. The molecule has 10 nitrogen and oxygen atoms in total. The van der Waals surface area contributed by atoms with Gasteiger partial charge in [-0.1, -0.05) is 68.4 Å². The number of ether oxygens (including phenoxy) is 2. The maximum Gasteiger partial charge on any atom is 0.412 e. The number of esters is 1. The van der Waals surface area contributed by atoms with E-state index in [-0.39, 0.29) is 36.6 Å². The quantitative estimate of drug-likeness (QED) is 0.0780. The Labute approximate surface area is 257 Å². The van der Waals surface area contributed by atoms with Gasteiger partial charge in [0, 0.05) is 29.8 Å². The number of carbonyl (C=O) groups is 3. The molecule has 230 valence electrons. The number of aromatic nitrogens is 2. The molecule has 0 unspecified atom stereocenters. The van der Waals surface area contributed by atoms with Crippen LogP contribution in [0.15, 0.2) is 72.8 Å². The minimum absolute atomic E-state index is 0.0679. The van der Waals surface area contributed by atoms with Crippen LogP contribution in [0.1, 0.15) is 54.6 Å². The zero-order valence-corrected chi connectivity index (χ0v) is 25.4. The molecule has 2 amide bonds. The van der Waals surface area contributed by atoms with E-state index in [0.29, 0.717) is 23.3 Å². The normalized spacial score (nSPS) is 10.9. The Morgan fingerprint density at radius 1 is 0.955 bits per heavy atom. The van der Waals surface area contributed by atoms with E-state index < -0.39 is 6.09 Å². The van der Waals surface area contributed by atoms with E-state index in [0.717, 1.165) is 42.7 Å². The van der Waals surface area contributed by atoms with Crippen molar-refractivity contribution in [3.8, 4) is 11.4 Å². The summed E-state index contributed by atoms with van der Waals surface area (Å²) in [5.74, 6) is 0.297. The van der Waals surface area contributed by atoms with Crippen LogP contribution in [-0.2, 0) is 27.2 Å². The summed E-state index contributed by atoms with van der Waals surface area (Å²) in [4.78, 5) is 41.2. The molecule has 0 saturated carbocycles. The summed E-state index contributed by atoms with van der Waals surface area (Å²) in [5.41, 5.74) is 4.69. The fourth-order valence-electron chi connectivity index (χ4n) is 4.68. The molecule has 0 atom stereocenters. The van der Waals surface area contributed by atoms with Gasteiger partial charge in [-0.05, 0) is 48.9 Å². The smallest absolute Gasteiger partial charge is 0.412 e. The van der Waals surface area contributed by atoms with Crippen molar-refractivity contribution in [2.24, 2.45) is 5.92 Å². The predicted octanol–water partition coefficient (Wildman–Crippen LogP) is 5.73. The Morgan fingerprint density at radius 3 is 2.39 bits per heavy atom. The van der Waals surface area contributed by atoms with Crippen LogP contribution in [0.2, 0.25) is 0 Å². The molecule has 0 bridgehead atoms. The second-order valence-corrected chi connectivity index (χ2v) is 10.9. The van der Waals surface area contributed by atoms with Crippen LogP contribution in [0.3, 0.4) is 0 Å². The molecule has 3 N–H and O–H groups in total. The number of amides is 2. The topological polar surface area (TPSA) is 135 Å². The monoisotopic (exact) mass is 597 g/mol. The summed E-state index contributed by atoms with van der Waals surface area (Å²) >= 11 is 0. The van der Waals surface area contributed by atoms with Gasteiger partial charge in [0.25, 0.3) is 5.91 Å². The highest BCUT2D eigenvalue weighted by atomic mass is 16.5. The van der Waals surface area contributed by atoms with Gasteiger partial charge in [0.05, 0.1) is 31.2 Å². The van der Waals surface area contributed by atoms with E-state index in [1.165, 1.54) is 12.7 Å². The molecule has 44 heavy (non-hydrogen) atoms. The average molecular weight is 598 g/mol. The van der Waals surface area contributed by atoms with Crippen LogP contribution in [0.4, 0.5) is 4.79 Å². The summed E-state index contributed by atoms with van der Waals surface area (Å²) in [6, 6.07) is 23.0. The van der Waals surface area contributed by atoms with Crippen molar-refractivity contribution >= 4 is 34.8 Å². The second-order valence-electron chi connectivity index (χ2n) is 10.9. The lowest BCUT2D eigenvalue weighted by Gasteiger charge is -2.11. The van der Waals surface area contributed by atoms with Crippen molar-refractivity contribution in [3.63, 3.8) is 0 Å².